The van der Waals surface area contributed by atoms with Gasteiger partial charge in [-0.25, -0.2) is 0 Å². The summed E-state index contributed by atoms with van der Waals surface area (Å²) in [5, 5.41) is 0. The SMILES string of the molecule is COC(=O)C(C)CN(C)C(=O)C(C)OCC1CCCCO1. The Hall–Kier alpha value is -1.14. The maximum atomic E-state index is 12.2. The van der Waals surface area contributed by atoms with E-state index in [2.05, 4.69) is 4.74 Å². The second kappa shape index (κ2) is 9.00. The number of rotatable bonds is 7. The third-order valence-electron chi connectivity index (χ3n) is 3.68. The average molecular weight is 301 g/mol. The standard InChI is InChI=1S/C15H27NO5/c1-11(15(18)19-4)9-16(3)14(17)12(2)21-10-13-7-5-6-8-20-13/h11-13H,5-10H2,1-4H3. The lowest BCUT2D eigenvalue weighted by atomic mass is 10.1. The number of nitrogens with zero attached hydrogens (tertiary/aromatic N) is 1. The van der Waals surface area contributed by atoms with Gasteiger partial charge in [0.15, 0.2) is 0 Å². The summed E-state index contributed by atoms with van der Waals surface area (Å²) in [5.41, 5.74) is 0. The largest absolute Gasteiger partial charge is 0.469 e. The molecule has 0 aromatic carbocycles. The van der Waals surface area contributed by atoms with E-state index in [9.17, 15) is 9.59 Å². The Bertz CT molecular complexity index is 341. The molecule has 1 aliphatic rings. The van der Waals surface area contributed by atoms with Gasteiger partial charge < -0.3 is 19.1 Å². The molecule has 0 radical (unpaired) electrons. The Kier molecular flexibility index (Phi) is 7.67. The first-order valence-electron chi connectivity index (χ1n) is 7.51. The molecule has 3 atom stereocenters. The van der Waals surface area contributed by atoms with Crippen molar-refractivity contribution in [2.24, 2.45) is 5.92 Å². The van der Waals surface area contributed by atoms with Crippen molar-refractivity contribution in [3.05, 3.63) is 0 Å². The van der Waals surface area contributed by atoms with Crippen LogP contribution >= 0.6 is 0 Å². The first kappa shape index (κ1) is 17.9. The molecule has 0 spiro atoms. The van der Waals surface area contributed by atoms with E-state index >= 15 is 0 Å². The molecule has 6 nitrogen and oxygen atoms in total. The maximum Gasteiger partial charge on any atom is 0.310 e. The number of hydrogen-bond donors (Lipinski definition) is 0. The number of carbonyl (C=O) groups excluding carboxylic acids is 2. The number of carbonyl (C=O) groups is 2. The number of methoxy groups -OCH3 is 1. The van der Waals surface area contributed by atoms with Gasteiger partial charge in [0, 0.05) is 20.2 Å². The van der Waals surface area contributed by atoms with Crippen LogP contribution in [0, 0.1) is 5.92 Å². The predicted molar refractivity (Wildman–Crippen MR) is 77.8 cm³/mol. The van der Waals surface area contributed by atoms with Gasteiger partial charge in [-0.05, 0) is 26.2 Å². The molecule has 0 N–H and O–H groups in total. The molecule has 6 heteroatoms. The molecule has 0 saturated carbocycles. The lowest BCUT2D eigenvalue weighted by Gasteiger charge is -2.26. The first-order chi connectivity index (χ1) is 9.95. The number of ether oxygens (including phenoxy) is 3. The third kappa shape index (κ3) is 6.01. The fraction of sp³-hybridized carbons (Fsp3) is 0.867. The van der Waals surface area contributed by atoms with Gasteiger partial charge in [-0.3, -0.25) is 9.59 Å². The molecule has 21 heavy (non-hydrogen) atoms. The number of amides is 1. The van der Waals surface area contributed by atoms with Crippen LogP contribution in [0.2, 0.25) is 0 Å². The van der Waals surface area contributed by atoms with E-state index in [-0.39, 0.29) is 23.9 Å². The molecule has 0 bridgehead atoms. The zero-order chi connectivity index (χ0) is 15.8. The molecule has 0 aromatic heterocycles. The number of esters is 1. The van der Waals surface area contributed by atoms with E-state index in [0.717, 1.165) is 25.9 Å². The monoisotopic (exact) mass is 301 g/mol. The quantitative estimate of drug-likeness (QED) is 0.662. The van der Waals surface area contributed by atoms with Crippen LogP contribution in [0.1, 0.15) is 33.1 Å². The van der Waals surface area contributed by atoms with E-state index in [4.69, 9.17) is 9.47 Å². The minimum absolute atomic E-state index is 0.0910. The molecule has 1 aliphatic heterocycles. The summed E-state index contributed by atoms with van der Waals surface area (Å²) in [6.45, 7) is 4.99. The summed E-state index contributed by atoms with van der Waals surface area (Å²) in [6.07, 6.45) is 2.78. The topological polar surface area (TPSA) is 65.1 Å². The van der Waals surface area contributed by atoms with Crippen LogP contribution in [-0.4, -0.2) is 62.9 Å². The Morgan fingerprint density at radius 2 is 2.05 bits per heavy atom. The van der Waals surface area contributed by atoms with E-state index in [1.54, 1.807) is 20.9 Å². The van der Waals surface area contributed by atoms with Crippen molar-refractivity contribution in [2.45, 2.75) is 45.3 Å². The fourth-order valence-corrected chi connectivity index (χ4v) is 2.35. The van der Waals surface area contributed by atoms with Gasteiger partial charge in [0.25, 0.3) is 5.91 Å². The summed E-state index contributed by atoms with van der Waals surface area (Å²) in [7, 11) is 3.01. The maximum absolute atomic E-state index is 12.2. The van der Waals surface area contributed by atoms with Crippen LogP contribution in [0.15, 0.2) is 0 Å². The van der Waals surface area contributed by atoms with E-state index < -0.39 is 6.10 Å². The van der Waals surface area contributed by atoms with Crippen LogP contribution in [-0.2, 0) is 23.8 Å². The molecule has 1 amide bonds. The molecule has 1 saturated heterocycles. The minimum Gasteiger partial charge on any atom is -0.469 e. The summed E-state index contributed by atoms with van der Waals surface area (Å²) in [5.74, 6) is -0.807. The first-order valence-corrected chi connectivity index (χ1v) is 7.51. The van der Waals surface area contributed by atoms with Crippen molar-refractivity contribution in [1.29, 1.82) is 0 Å². The van der Waals surface area contributed by atoms with Crippen LogP contribution < -0.4 is 0 Å². The lowest BCUT2D eigenvalue weighted by Crippen LogP contribution is -2.41. The molecule has 1 rings (SSSR count). The highest BCUT2D eigenvalue weighted by molar-refractivity contribution is 5.81. The fourth-order valence-electron chi connectivity index (χ4n) is 2.35. The molecule has 1 heterocycles. The minimum atomic E-state index is -0.537. The molecular formula is C15H27NO5. The summed E-state index contributed by atoms with van der Waals surface area (Å²) < 4.78 is 15.8. The zero-order valence-electron chi connectivity index (χ0n) is 13.5. The van der Waals surface area contributed by atoms with Gasteiger partial charge in [0.05, 0.1) is 25.7 Å². The van der Waals surface area contributed by atoms with Crippen LogP contribution in [0.25, 0.3) is 0 Å². The van der Waals surface area contributed by atoms with Gasteiger partial charge in [-0.2, -0.15) is 0 Å². The highest BCUT2D eigenvalue weighted by Gasteiger charge is 2.24. The van der Waals surface area contributed by atoms with Crippen molar-refractivity contribution in [3.63, 3.8) is 0 Å². The van der Waals surface area contributed by atoms with Crippen molar-refractivity contribution < 1.29 is 23.8 Å². The molecule has 0 aliphatic carbocycles. The number of likely N-dealkylation sites (N-methyl/N-ethyl adjacent to an activating group) is 1. The van der Waals surface area contributed by atoms with E-state index in [1.807, 2.05) is 0 Å². The normalized spacial score (nSPS) is 21.4. The van der Waals surface area contributed by atoms with Gasteiger partial charge in [0.1, 0.15) is 6.10 Å². The Morgan fingerprint density at radius 1 is 1.33 bits per heavy atom. The van der Waals surface area contributed by atoms with Crippen LogP contribution in [0.3, 0.4) is 0 Å². The number of hydrogen-bond acceptors (Lipinski definition) is 5. The van der Waals surface area contributed by atoms with E-state index in [1.165, 1.54) is 12.0 Å². The van der Waals surface area contributed by atoms with Crippen LogP contribution in [0.4, 0.5) is 0 Å². The summed E-state index contributed by atoms with van der Waals surface area (Å²) >= 11 is 0. The highest BCUT2D eigenvalue weighted by atomic mass is 16.5. The molecule has 0 aromatic rings. The second-order valence-electron chi connectivity index (χ2n) is 5.61. The summed E-state index contributed by atoms with van der Waals surface area (Å²) in [4.78, 5) is 25.0. The van der Waals surface area contributed by atoms with Crippen LogP contribution in [0.5, 0.6) is 0 Å². The summed E-state index contributed by atoms with van der Waals surface area (Å²) in [6, 6.07) is 0. The van der Waals surface area contributed by atoms with Crippen molar-refractivity contribution in [1.82, 2.24) is 4.90 Å². The van der Waals surface area contributed by atoms with Gasteiger partial charge in [0.2, 0.25) is 0 Å². The Balaban J connectivity index is 2.33. The molecule has 3 unspecified atom stereocenters. The van der Waals surface area contributed by atoms with Crippen molar-refractivity contribution in [2.75, 3.05) is 33.9 Å². The van der Waals surface area contributed by atoms with Crippen molar-refractivity contribution in [3.8, 4) is 0 Å². The van der Waals surface area contributed by atoms with Gasteiger partial charge in [-0.15, -0.1) is 0 Å². The lowest BCUT2D eigenvalue weighted by molar-refractivity contribution is -0.149. The molecule has 1 fully saturated rings. The zero-order valence-corrected chi connectivity index (χ0v) is 13.5. The molecular weight excluding hydrogens is 274 g/mol. The Morgan fingerprint density at radius 3 is 2.62 bits per heavy atom. The molecule has 122 valence electrons. The van der Waals surface area contributed by atoms with Crippen molar-refractivity contribution >= 4 is 11.9 Å². The second-order valence-corrected chi connectivity index (χ2v) is 5.61. The van der Waals surface area contributed by atoms with Gasteiger partial charge >= 0.3 is 5.97 Å². The highest BCUT2D eigenvalue weighted by Crippen LogP contribution is 2.14. The van der Waals surface area contributed by atoms with Gasteiger partial charge in [-0.1, -0.05) is 6.92 Å². The smallest absolute Gasteiger partial charge is 0.310 e. The average Bonchev–Trinajstić information content (AvgIpc) is 2.51. The third-order valence-corrected chi connectivity index (χ3v) is 3.68. The van der Waals surface area contributed by atoms with E-state index in [0.29, 0.717) is 13.2 Å². The predicted octanol–water partition coefficient (Wildman–Crippen LogP) is 1.23. The Labute approximate surface area is 126 Å².